The van der Waals surface area contributed by atoms with Gasteiger partial charge < -0.3 is 15.6 Å². The number of nitrogens with two attached hydrogens (primary N) is 1. The highest BCUT2D eigenvalue weighted by Crippen LogP contribution is 2.31. The van der Waals surface area contributed by atoms with Crippen LogP contribution in [0.25, 0.3) is 0 Å². The number of ketones is 1. The first kappa shape index (κ1) is 24.3. The van der Waals surface area contributed by atoms with Gasteiger partial charge in [0, 0.05) is 11.1 Å². The van der Waals surface area contributed by atoms with Gasteiger partial charge in [0.1, 0.15) is 18.1 Å². The van der Waals surface area contributed by atoms with E-state index in [4.69, 9.17) is 16.0 Å². The van der Waals surface area contributed by atoms with Gasteiger partial charge >= 0.3 is 0 Å². The fourth-order valence-corrected chi connectivity index (χ4v) is 3.01. The zero-order valence-electron chi connectivity index (χ0n) is 18.6. The molecule has 0 unspecified atom stereocenters. The Bertz CT molecular complexity index is 1110. The number of carbonyl (C=O) groups is 1. The summed E-state index contributed by atoms with van der Waals surface area (Å²) < 4.78 is 5.77. The number of ether oxygens (including phenoxy) is 1. The number of phenolic OH excluding ortho intramolecular Hbond substituents is 1. The van der Waals surface area contributed by atoms with Gasteiger partial charge in [-0.2, -0.15) is 5.53 Å². The second-order valence-electron chi connectivity index (χ2n) is 7.25. The Morgan fingerprint density at radius 2 is 2.03 bits per heavy atom. The van der Waals surface area contributed by atoms with Crippen LogP contribution in [0.2, 0.25) is 0 Å². The van der Waals surface area contributed by atoms with Gasteiger partial charge in [0.15, 0.2) is 11.6 Å². The summed E-state index contributed by atoms with van der Waals surface area (Å²) >= 11 is 0. The van der Waals surface area contributed by atoms with Gasteiger partial charge in [0.05, 0.1) is 5.56 Å². The van der Waals surface area contributed by atoms with Gasteiger partial charge in [-0.1, -0.05) is 48.2 Å². The lowest BCUT2D eigenvalue weighted by molar-refractivity contribution is 0.101. The molecule has 0 aliphatic rings. The van der Waals surface area contributed by atoms with Crippen molar-refractivity contribution >= 4 is 11.6 Å². The Hall–Kier alpha value is -4.00. The monoisotopic (exact) mass is 432 g/mol. The van der Waals surface area contributed by atoms with Crippen LogP contribution < -0.4 is 10.5 Å². The molecule has 0 amide bonds. The van der Waals surface area contributed by atoms with Crippen molar-refractivity contribution in [2.24, 2.45) is 16.1 Å². The molecule has 7 heteroatoms. The zero-order chi connectivity index (χ0) is 23.7. The largest absolute Gasteiger partial charge is 0.507 e. The van der Waals surface area contributed by atoms with Crippen molar-refractivity contribution in [3.05, 3.63) is 94.6 Å². The van der Waals surface area contributed by atoms with Crippen molar-refractivity contribution in [1.82, 2.24) is 0 Å². The SMILES string of the molecule is C=C(/C=C\C(=C/C)Cc1cccc(C(N)=NN=N)c1)COc1ccc(C(C)=O)c(O)c1C. The molecule has 2 aromatic rings. The van der Waals surface area contributed by atoms with Crippen LogP contribution in [0, 0.1) is 12.5 Å². The molecule has 166 valence electrons. The minimum absolute atomic E-state index is 0.0586. The fraction of sp³-hybridized carbons (Fsp3) is 0.200. The summed E-state index contributed by atoms with van der Waals surface area (Å²) in [7, 11) is 0. The first-order valence-corrected chi connectivity index (χ1v) is 10.0. The maximum absolute atomic E-state index is 11.5. The molecular formula is C25H28N4O3. The number of benzene rings is 2. The maximum atomic E-state index is 11.5. The Kier molecular flexibility index (Phi) is 8.65. The summed E-state index contributed by atoms with van der Waals surface area (Å²) in [6.45, 7) is 9.34. The van der Waals surface area contributed by atoms with Crippen molar-refractivity contribution in [1.29, 1.82) is 5.53 Å². The number of phenols is 1. The van der Waals surface area contributed by atoms with E-state index in [2.05, 4.69) is 16.9 Å². The molecule has 0 aromatic heterocycles. The van der Waals surface area contributed by atoms with E-state index in [1.807, 2.05) is 49.4 Å². The standard InChI is InChI=1S/C25H28N4O3/c1-5-19(13-20-7-6-8-21(14-20)25(26)28-29-27)10-9-16(2)15-32-23-12-11-22(18(4)30)24(31)17(23)3/h5-12,14,31H,2,13,15H2,1,3-4H3,(H3,26,27,28)/b10-9-,19-5+. The Balaban J connectivity index is 2.01. The van der Waals surface area contributed by atoms with E-state index in [9.17, 15) is 9.90 Å². The summed E-state index contributed by atoms with van der Waals surface area (Å²) in [4.78, 5) is 11.5. The highest BCUT2D eigenvalue weighted by molar-refractivity contribution is 5.97. The zero-order valence-corrected chi connectivity index (χ0v) is 18.6. The summed E-state index contributed by atoms with van der Waals surface area (Å²) in [5.41, 5.74) is 17.0. The molecule has 0 heterocycles. The molecular weight excluding hydrogens is 404 g/mol. The molecule has 0 aliphatic carbocycles. The molecule has 0 aliphatic heterocycles. The van der Waals surface area contributed by atoms with Crippen LogP contribution in [-0.2, 0) is 6.42 Å². The molecule has 7 nitrogen and oxygen atoms in total. The van der Waals surface area contributed by atoms with Gasteiger partial charge in [0.25, 0.3) is 0 Å². The average molecular weight is 433 g/mol. The van der Waals surface area contributed by atoms with Crippen LogP contribution in [0.3, 0.4) is 0 Å². The number of carbonyl (C=O) groups excluding carboxylic acids is 1. The number of hydrogen-bond donors (Lipinski definition) is 3. The third-order valence-electron chi connectivity index (χ3n) is 4.87. The Morgan fingerprint density at radius 3 is 2.69 bits per heavy atom. The van der Waals surface area contributed by atoms with Crippen LogP contribution in [0.4, 0.5) is 0 Å². The first-order chi connectivity index (χ1) is 15.3. The second kappa shape index (κ2) is 11.4. The van der Waals surface area contributed by atoms with Crippen molar-refractivity contribution in [2.45, 2.75) is 27.2 Å². The van der Waals surface area contributed by atoms with E-state index in [0.29, 0.717) is 23.3 Å². The lowest BCUT2D eigenvalue weighted by Crippen LogP contribution is -2.12. The Morgan fingerprint density at radius 1 is 1.28 bits per heavy atom. The van der Waals surface area contributed by atoms with E-state index in [1.54, 1.807) is 19.1 Å². The number of rotatable bonds is 10. The highest BCUT2D eigenvalue weighted by Gasteiger charge is 2.13. The molecule has 0 saturated heterocycles. The summed E-state index contributed by atoms with van der Waals surface area (Å²) in [6.07, 6.45) is 6.54. The van der Waals surface area contributed by atoms with Gasteiger partial charge in [-0.3, -0.25) is 4.79 Å². The third-order valence-corrected chi connectivity index (χ3v) is 4.87. The number of aromatic hydroxyl groups is 1. The van der Waals surface area contributed by atoms with E-state index < -0.39 is 0 Å². The fourth-order valence-electron chi connectivity index (χ4n) is 3.01. The van der Waals surface area contributed by atoms with E-state index >= 15 is 0 Å². The molecule has 4 N–H and O–H groups in total. The van der Waals surface area contributed by atoms with E-state index in [1.165, 1.54) is 6.92 Å². The van der Waals surface area contributed by atoms with Gasteiger partial charge in [-0.05, 0) is 62.1 Å². The smallest absolute Gasteiger partial charge is 0.163 e. The highest BCUT2D eigenvalue weighted by atomic mass is 16.5. The predicted molar refractivity (Wildman–Crippen MR) is 126 cm³/mol. The lowest BCUT2D eigenvalue weighted by Gasteiger charge is -2.12. The second-order valence-corrected chi connectivity index (χ2v) is 7.25. The van der Waals surface area contributed by atoms with Crippen molar-refractivity contribution in [3.63, 3.8) is 0 Å². The van der Waals surface area contributed by atoms with Crippen LogP contribution in [0.5, 0.6) is 11.5 Å². The van der Waals surface area contributed by atoms with Crippen molar-refractivity contribution in [3.8, 4) is 11.5 Å². The van der Waals surface area contributed by atoms with Crippen molar-refractivity contribution in [2.75, 3.05) is 6.61 Å². The number of amidine groups is 1. The van der Waals surface area contributed by atoms with Crippen LogP contribution in [0.1, 0.15) is 40.9 Å². The predicted octanol–water partition coefficient (Wildman–Crippen LogP) is 5.23. The number of Topliss-reactive ketones (excluding diaryl/α,β-unsaturated/α-hetero) is 1. The van der Waals surface area contributed by atoms with Crippen molar-refractivity contribution < 1.29 is 14.6 Å². The lowest BCUT2D eigenvalue weighted by atomic mass is 10.0. The topological polar surface area (TPSA) is 121 Å². The van der Waals surface area contributed by atoms with Crippen LogP contribution in [-0.4, -0.2) is 23.3 Å². The summed E-state index contributed by atoms with van der Waals surface area (Å²) in [6, 6.07) is 10.8. The minimum atomic E-state index is -0.199. The normalized spacial score (nSPS) is 12.1. The average Bonchev–Trinajstić information content (AvgIpc) is 2.77. The molecule has 0 spiro atoms. The van der Waals surface area contributed by atoms with Crippen LogP contribution in [0.15, 0.2) is 82.7 Å². The summed E-state index contributed by atoms with van der Waals surface area (Å²) in [5, 5.41) is 16.7. The third kappa shape index (κ3) is 6.50. The molecule has 2 rings (SSSR count). The van der Waals surface area contributed by atoms with Gasteiger partial charge in [0.2, 0.25) is 0 Å². The number of nitrogens with zero attached hydrogens (tertiary/aromatic N) is 2. The summed E-state index contributed by atoms with van der Waals surface area (Å²) in [5.74, 6) is 0.443. The Labute approximate surface area is 188 Å². The number of hydrogen-bond acceptors (Lipinski definition) is 5. The van der Waals surface area contributed by atoms with Gasteiger partial charge in [-0.25, -0.2) is 0 Å². The molecule has 0 fully saturated rings. The maximum Gasteiger partial charge on any atom is 0.163 e. The molecule has 0 bridgehead atoms. The first-order valence-electron chi connectivity index (χ1n) is 10.0. The molecule has 0 atom stereocenters. The molecule has 0 saturated carbocycles. The number of nitrogens with one attached hydrogen (secondary N) is 1. The quantitative estimate of drug-likeness (QED) is 0.119. The van der Waals surface area contributed by atoms with E-state index in [0.717, 1.165) is 16.7 Å². The number of allylic oxidation sites excluding steroid dienone is 3. The molecule has 0 radical (unpaired) electrons. The van der Waals surface area contributed by atoms with Crippen LogP contribution >= 0.6 is 0 Å². The molecule has 32 heavy (non-hydrogen) atoms. The molecule has 2 aromatic carbocycles. The van der Waals surface area contributed by atoms with E-state index in [-0.39, 0.29) is 29.5 Å². The van der Waals surface area contributed by atoms with Gasteiger partial charge in [-0.15, -0.1) is 5.10 Å². The minimum Gasteiger partial charge on any atom is -0.507 e.